The first-order valence-corrected chi connectivity index (χ1v) is 10.1. The van der Waals surface area contributed by atoms with Crippen LogP contribution in [0.5, 0.6) is 5.75 Å². The Kier molecular flexibility index (Phi) is 7.25. The minimum absolute atomic E-state index is 0.0174. The molecule has 2 amide bonds. The maximum atomic E-state index is 12.5. The molecule has 2 aromatic carbocycles. The molecule has 0 aromatic heterocycles. The highest BCUT2D eigenvalue weighted by molar-refractivity contribution is 5.96. The van der Waals surface area contributed by atoms with E-state index in [0.29, 0.717) is 43.5 Å². The Labute approximate surface area is 171 Å². The van der Waals surface area contributed by atoms with E-state index in [-0.39, 0.29) is 18.4 Å². The van der Waals surface area contributed by atoms with E-state index in [4.69, 9.17) is 9.47 Å². The summed E-state index contributed by atoms with van der Waals surface area (Å²) in [5, 5.41) is 2.81. The molecule has 0 bridgehead atoms. The number of benzene rings is 2. The molecule has 3 rings (SSSR count). The van der Waals surface area contributed by atoms with Gasteiger partial charge in [-0.05, 0) is 48.2 Å². The molecule has 1 aliphatic heterocycles. The first kappa shape index (κ1) is 20.9. The van der Waals surface area contributed by atoms with Crippen molar-refractivity contribution < 1.29 is 19.1 Å². The average molecular weight is 396 g/mol. The van der Waals surface area contributed by atoms with Gasteiger partial charge in [0.25, 0.3) is 11.8 Å². The predicted octanol–water partition coefficient (Wildman–Crippen LogP) is 3.69. The summed E-state index contributed by atoms with van der Waals surface area (Å²) in [6.07, 6.45) is 1.00. The number of amides is 2. The monoisotopic (exact) mass is 396 g/mol. The second-order valence-electron chi connectivity index (χ2n) is 7.17. The normalized spacial score (nSPS) is 14.9. The molecule has 154 valence electrons. The summed E-state index contributed by atoms with van der Waals surface area (Å²) in [6, 6.07) is 14.7. The fourth-order valence-corrected chi connectivity index (χ4v) is 3.22. The number of carbonyl (C=O) groups is 2. The molecule has 0 spiro atoms. The van der Waals surface area contributed by atoms with Gasteiger partial charge in [-0.15, -0.1) is 0 Å². The molecule has 2 aromatic rings. The molecule has 6 nitrogen and oxygen atoms in total. The second-order valence-corrected chi connectivity index (χ2v) is 7.17. The van der Waals surface area contributed by atoms with Crippen molar-refractivity contribution in [2.24, 2.45) is 0 Å². The van der Waals surface area contributed by atoms with E-state index in [1.165, 1.54) is 0 Å². The number of para-hydroxylation sites is 1. The van der Waals surface area contributed by atoms with Crippen molar-refractivity contribution in [2.45, 2.75) is 26.2 Å². The lowest BCUT2D eigenvalue weighted by molar-refractivity contribution is -0.118. The lowest BCUT2D eigenvalue weighted by Gasteiger charge is -2.26. The zero-order valence-electron chi connectivity index (χ0n) is 17.0. The Morgan fingerprint density at radius 2 is 1.79 bits per heavy atom. The molecule has 1 atom stereocenters. The van der Waals surface area contributed by atoms with Crippen molar-refractivity contribution in [3.8, 4) is 5.75 Å². The van der Waals surface area contributed by atoms with Crippen molar-refractivity contribution in [3.63, 3.8) is 0 Å². The number of hydrogen-bond donors (Lipinski definition) is 1. The van der Waals surface area contributed by atoms with E-state index in [1.807, 2.05) is 24.3 Å². The first-order valence-electron chi connectivity index (χ1n) is 10.1. The molecule has 1 unspecified atom stereocenters. The van der Waals surface area contributed by atoms with Crippen LogP contribution < -0.4 is 10.1 Å². The summed E-state index contributed by atoms with van der Waals surface area (Å²) in [4.78, 5) is 26.5. The molecular weight excluding hydrogens is 368 g/mol. The van der Waals surface area contributed by atoms with Gasteiger partial charge < -0.3 is 19.7 Å². The minimum atomic E-state index is -0.240. The second kappa shape index (κ2) is 10.1. The number of nitrogens with zero attached hydrogens (tertiary/aromatic N) is 1. The van der Waals surface area contributed by atoms with Gasteiger partial charge in [-0.3, -0.25) is 9.59 Å². The molecule has 1 N–H and O–H groups in total. The van der Waals surface area contributed by atoms with Crippen molar-refractivity contribution in [1.29, 1.82) is 0 Å². The molecular formula is C23H28N2O4. The van der Waals surface area contributed by atoms with Crippen molar-refractivity contribution >= 4 is 17.5 Å². The van der Waals surface area contributed by atoms with Gasteiger partial charge in [0.15, 0.2) is 6.61 Å². The number of rotatable bonds is 7. The summed E-state index contributed by atoms with van der Waals surface area (Å²) < 4.78 is 11.0. The number of morpholine rings is 1. The van der Waals surface area contributed by atoms with Crippen LogP contribution in [0.1, 0.15) is 42.1 Å². The third-order valence-electron chi connectivity index (χ3n) is 5.13. The van der Waals surface area contributed by atoms with E-state index < -0.39 is 0 Å². The van der Waals surface area contributed by atoms with Gasteiger partial charge in [0, 0.05) is 24.3 Å². The van der Waals surface area contributed by atoms with Crippen LogP contribution in [0.25, 0.3) is 0 Å². The van der Waals surface area contributed by atoms with Crippen LogP contribution in [0.3, 0.4) is 0 Å². The Hall–Kier alpha value is -2.86. The molecule has 6 heteroatoms. The fraction of sp³-hybridized carbons (Fsp3) is 0.391. The summed E-state index contributed by atoms with van der Waals surface area (Å²) >= 11 is 0. The summed E-state index contributed by atoms with van der Waals surface area (Å²) in [6.45, 7) is 6.55. The van der Waals surface area contributed by atoms with E-state index in [0.717, 1.165) is 17.7 Å². The predicted molar refractivity (Wildman–Crippen MR) is 112 cm³/mol. The van der Waals surface area contributed by atoms with Gasteiger partial charge in [-0.2, -0.15) is 0 Å². The fourth-order valence-electron chi connectivity index (χ4n) is 3.22. The zero-order chi connectivity index (χ0) is 20.6. The van der Waals surface area contributed by atoms with E-state index in [1.54, 1.807) is 29.2 Å². The van der Waals surface area contributed by atoms with Crippen molar-refractivity contribution in [3.05, 3.63) is 59.7 Å². The number of nitrogens with one attached hydrogen (secondary N) is 1. The number of ether oxygens (including phenoxy) is 2. The maximum Gasteiger partial charge on any atom is 0.262 e. The Bertz CT molecular complexity index is 829. The van der Waals surface area contributed by atoms with Crippen LogP contribution in [0.2, 0.25) is 0 Å². The van der Waals surface area contributed by atoms with Crippen LogP contribution in [0, 0.1) is 0 Å². The molecule has 0 radical (unpaired) electrons. The number of anilines is 1. The summed E-state index contributed by atoms with van der Waals surface area (Å²) in [7, 11) is 0. The first-order chi connectivity index (χ1) is 14.1. The standard InChI is InChI=1S/C23H28N2O4/c1-3-17(2)20-6-4-5-7-21(20)29-16-22(26)24-19-10-8-18(9-11-19)23(27)25-12-14-28-15-13-25/h4-11,17H,3,12-16H2,1-2H3,(H,24,26). The zero-order valence-corrected chi connectivity index (χ0v) is 17.0. The highest BCUT2D eigenvalue weighted by Crippen LogP contribution is 2.28. The minimum Gasteiger partial charge on any atom is -0.483 e. The lowest BCUT2D eigenvalue weighted by atomic mass is 9.98. The summed E-state index contributed by atoms with van der Waals surface area (Å²) in [5.74, 6) is 0.849. The number of hydrogen-bond acceptors (Lipinski definition) is 4. The van der Waals surface area contributed by atoms with Gasteiger partial charge in [0.1, 0.15) is 5.75 Å². The lowest BCUT2D eigenvalue weighted by Crippen LogP contribution is -2.40. The molecule has 29 heavy (non-hydrogen) atoms. The largest absolute Gasteiger partial charge is 0.483 e. The third-order valence-corrected chi connectivity index (χ3v) is 5.13. The van der Waals surface area contributed by atoms with Crippen LogP contribution >= 0.6 is 0 Å². The molecule has 1 saturated heterocycles. The van der Waals surface area contributed by atoms with Crippen LogP contribution in [0.4, 0.5) is 5.69 Å². The van der Waals surface area contributed by atoms with Crippen LogP contribution in [-0.2, 0) is 9.53 Å². The number of carbonyl (C=O) groups excluding carboxylic acids is 2. The van der Waals surface area contributed by atoms with Gasteiger partial charge in [0.2, 0.25) is 0 Å². The van der Waals surface area contributed by atoms with Crippen LogP contribution in [-0.4, -0.2) is 49.6 Å². The maximum absolute atomic E-state index is 12.5. The molecule has 0 aliphatic carbocycles. The van der Waals surface area contributed by atoms with E-state index >= 15 is 0 Å². The van der Waals surface area contributed by atoms with Gasteiger partial charge >= 0.3 is 0 Å². The van der Waals surface area contributed by atoms with Gasteiger partial charge in [0.05, 0.1) is 13.2 Å². The highest BCUT2D eigenvalue weighted by Gasteiger charge is 2.18. The van der Waals surface area contributed by atoms with Crippen molar-refractivity contribution in [1.82, 2.24) is 4.90 Å². The Morgan fingerprint density at radius 1 is 1.10 bits per heavy atom. The van der Waals surface area contributed by atoms with Gasteiger partial charge in [-0.1, -0.05) is 32.0 Å². The van der Waals surface area contributed by atoms with E-state index in [9.17, 15) is 9.59 Å². The SMILES string of the molecule is CCC(C)c1ccccc1OCC(=O)Nc1ccc(C(=O)N2CCOCC2)cc1. The van der Waals surface area contributed by atoms with Crippen molar-refractivity contribution in [2.75, 3.05) is 38.2 Å². The molecule has 1 aliphatic rings. The average Bonchev–Trinajstić information content (AvgIpc) is 2.78. The highest BCUT2D eigenvalue weighted by atomic mass is 16.5. The third kappa shape index (κ3) is 5.57. The topological polar surface area (TPSA) is 67.9 Å². The van der Waals surface area contributed by atoms with E-state index in [2.05, 4.69) is 19.2 Å². The summed E-state index contributed by atoms with van der Waals surface area (Å²) in [5.41, 5.74) is 2.34. The smallest absolute Gasteiger partial charge is 0.262 e. The molecule has 1 heterocycles. The Balaban J connectivity index is 1.54. The Morgan fingerprint density at radius 3 is 2.48 bits per heavy atom. The van der Waals surface area contributed by atoms with Crippen LogP contribution in [0.15, 0.2) is 48.5 Å². The molecule has 0 saturated carbocycles. The molecule has 1 fully saturated rings. The van der Waals surface area contributed by atoms with Gasteiger partial charge in [-0.25, -0.2) is 0 Å². The quantitative estimate of drug-likeness (QED) is 0.775.